The molecule has 6 nitrogen and oxygen atoms in total. The molecule has 0 aliphatic carbocycles. The molecule has 1 aromatic carbocycles. The SMILES string of the molecule is C[C@@H](CCc1ccccc1)NC(=O)CCCCn1c(=O)[nH]c2ccsc2c1=O. The Balaban J connectivity index is 1.41. The van der Waals surface area contributed by atoms with Crippen LogP contribution in [0.3, 0.4) is 0 Å². The lowest BCUT2D eigenvalue weighted by Gasteiger charge is -2.14. The predicted octanol–water partition coefficient (Wildman–Crippen LogP) is 3.06. The molecule has 3 rings (SSSR count). The molecule has 0 unspecified atom stereocenters. The average molecular weight is 400 g/mol. The molecule has 7 heteroatoms. The molecule has 2 N–H and O–H groups in total. The number of nitrogens with zero attached hydrogens (tertiary/aromatic N) is 1. The fourth-order valence-corrected chi connectivity index (χ4v) is 3.97. The van der Waals surface area contributed by atoms with Gasteiger partial charge in [0.1, 0.15) is 4.70 Å². The van der Waals surface area contributed by atoms with Crippen LogP contribution in [0, 0.1) is 0 Å². The van der Waals surface area contributed by atoms with Gasteiger partial charge in [0.05, 0.1) is 5.52 Å². The predicted molar refractivity (Wildman–Crippen MR) is 113 cm³/mol. The van der Waals surface area contributed by atoms with E-state index in [1.165, 1.54) is 21.5 Å². The van der Waals surface area contributed by atoms with Crippen molar-refractivity contribution in [2.75, 3.05) is 0 Å². The van der Waals surface area contributed by atoms with Gasteiger partial charge in [0, 0.05) is 19.0 Å². The summed E-state index contributed by atoms with van der Waals surface area (Å²) in [5.74, 6) is 0.00975. The molecule has 1 atom stereocenters. The summed E-state index contributed by atoms with van der Waals surface area (Å²) in [7, 11) is 0. The van der Waals surface area contributed by atoms with Gasteiger partial charge in [0.2, 0.25) is 5.91 Å². The van der Waals surface area contributed by atoms with Crippen LogP contribution in [0.1, 0.15) is 38.2 Å². The summed E-state index contributed by atoms with van der Waals surface area (Å²) in [5, 5.41) is 4.81. The summed E-state index contributed by atoms with van der Waals surface area (Å²) in [6.45, 7) is 2.33. The van der Waals surface area contributed by atoms with E-state index in [4.69, 9.17) is 0 Å². The highest BCUT2D eigenvalue weighted by Gasteiger charge is 2.10. The van der Waals surface area contributed by atoms with Crippen LogP contribution >= 0.6 is 11.3 Å². The lowest BCUT2D eigenvalue weighted by Crippen LogP contribution is -2.35. The number of nitrogens with one attached hydrogen (secondary N) is 2. The minimum absolute atomic E-state index is 0.00975. The van der Waals surface area contributed by atoms with Gasteiger partial charge in [0.25, 0.3) is 5.56 Å². The first kappa shape index (κ1) is 20.1. The molecule has 148 valence electrons. The maximum absolute atomic E-state index is 12.3. The lowest BCUT2D eigenvalue weighted by molar-refractivity contribution is -0.121. The normalized spacial score (nSPS) is 12.2. The van der Waals surface area contributed by atoms with Crippen molar-refractivity contribution in [2.45, 2.75) is 51.6 Å². The number of unbranched alkanes of at least 4 members (excludes halogenated alkanes) is 1. The van der Waals surface area contributed by atoms with Gasteiger partial charge in [0.15, 0.2) is 0 Å². The van der Waals surface area contributed by atoms with E-state index < -0.39 is 5.69 Å². The number of hydrogen-bond acceptors (Lipinski definition) is 4. The van der Waals surface area contributed by atoms with Crippen LogP contribution in [-0.4, -0.2) is 21.5 Å². The molecule has 2 aromatic heterocycles. The van der Waals surface area contributed by atoms with Crippen molar-refractivity contribution in [3.8, 4) is 0 Å². The summed E-state index contributed by atoms with van der Waals surface area (Å²) in [4.78, 5) is 39.2. The van der Waals surface area contributed by atoms with E-state index in [0.717, 1.165) is 12.8 Å². The molecule has 0 bridgehead atoms. The van der Waals surface area contributed by atoms with Gasteiger partial charge in [-0.2, -0.15) is 0 Å². The zero-order valence-electron chi connectivity index (χ0n) is 15.9. The molecule has 0 radical (unpaired) electrons. The fraction of sp³-hybridized carbons (Fsp3) is 0.381. The highest BCUT2D eigenvalue weighted by molar-refractivity contribution is 7.17. The largest absolute Gasteiger partial charge is 0.354 e. The van der Waals surface area contributed by atoms with Crippen molar-refractivity contribution in [2.24, 2.45) is 0 Å². The smallest absolute Gasteiger partial charge is 0.328 e. The van der Waals surface area contributed by atoms with Crippen LogP contribution < -0.4 is 16.6 Å². The summed E-state index contributed by atoms with van der Waals surface area (Å²) < 4.78 is 1.78. The highest BCUT2D eigenvalue weighted by Crippen LogP contribution is 2.12. The topological polar surface area (TPSA) is 84.0 Å². The second kappa shape index (κ2) is 9.50. The van der Waals surface area contributed by atoms with Crippen molar-refractivity contribution in [1.82, 2.24) is 14.9 Å². The number of hydrogen-bond donors (Lipinski definition) is 2. The molecule has 0 saturated carbocycles. The Hall–Kier alpha value is -2.67. The van der Waals surface area contributed by atoms with E-state index in [0.29, 0.717) is 36.0 Å². The highest BCUT2D eigenvalue weighted by atomic mass is 32.1. The number of amides is 1. The first-order chi connectivity index (χ1) is 13.5. The quantitative estimate of drug-likeness (QED) is 0.543. The Morgan fingerprint density at radius 2 is 1.96 bits per heavy atom. The third kappa shape index (κ3) is 5.19. The molecule has 1 amide bonds. The van der Waals surface area contributed by atoms with E-state index in [-0.39, 0.29) is 17.5 Å². The minimum atomic E-state index is -0.394. The fourth-order valence-electron chi connectivity index (χ4n) is 3.18. The Morgan fingerprint density at radius 3 is 2.75 bits per heavy atom. The number of fused-ring (bicyclic) bond motifs is 1. The summed E-state index contributed by atoms with van der Waals surface area (Å²) in [5.41, 5.74) is 1.20. The maximum Gasteiger partial charge on any atom is 0.328 e. The number of aryl methyl sites for hydroxylation is 1. The molecule has 0 aliphatic rings. The number of aromatic nitrogens is 2. The summed E-state index contributed by atoms with van der Waals surface area (Å²) in [6, 6.07) is 12.1. The number of H-pyrrole nitrogens is 1. The Morgan fingerprint density at radius 1 is 1.18 bits per heavy atom. The van der Waals surface area contributed by atoms with E-state index in [2.05, 4.69) is 22.4 Å². The van der Waals surface area contributed by atoms with E-state index in [9.17, 15) is 14.4 Å². The van der Waals surface area contributed by atoms with Crippen molar-refractivity contribution >= 4 is 27.5 Å². The Bertz CT molecular complexity index is 1040. The van der Waals surface area contributed by atoms with Crippen molar-refractivity contribution < 1.29 is 4.79 Å². The van der Waals surface area contributed by atoms with Crippen LogP contribution in [0.4, 0.5) is 0 Å². The third-order valence-electron chi connectivity index (χ3n) is 4.74. The minimum Gasteiger partial charge on any atom is -0.354 e. The molecule has 2 heterocycles. The van der Waals surface area contributed by atoms with Gasteiger partial charge in [-0.1, -0.05) is 30.3 Å². The van der Waals surface area contributed by atoms with Crippen molar-refractivity contribution in [3.05, 3.63) is 68.2 Å². The lowest BCUT2D eigenvalue weighted by atomic mass is 10.1. The number of rotatable bonds is 9. The molecular weight excluding hydrogens is 374 g/mol. The Labute approximate surface area is 167 Å². The zero-order valence-corrected chi connectivity index (χ0v) is 16.8. The second-order valence-corrected chi connectivity index (χ2v) is 7.92. The van der Waals surface area contributed by atoms with Crippen LogP contribution in [-0.2, 0) is 17.8 Å². The molecule has 28 heavy (non-hydrogen) atoms. The summed E-state index contributed by atoms with van der Waals surface area (Å²) >= 11 is 1.32. The van der Waals surface area contributed by atoms with Gasteiger partial charge in [-0.05, 0) is 49.6 Å². The summed E-state index contributed by atoms with van der Waals surface area (Å²) in [6.07, 6.45) is 3.45. The van der Waals surface area contributed by atoms with Gasteiger partial charge in [-0.3, -0.25) is 14.2 Å². The number of carbonyl (C=O) groups excluding carboxylic acids is 1. The molecule has 3 aromatic rings. The average Bonchev–Trinajstić information content (AvgIpc) is 3.15. The standard InChI is InChI=1S/C21H25N3O3S/c1-15(10-11-16-7-3-2-4-8-16)22-18(25)9-5-6-13-24-20(26)19-17(12-14-28-19)23-21(24)27/h2-4,7-8,12,14-15H,5-6,9-11,13H2,1H3,(H,22,25)(H,23,27)/t15-/m0/s1. The van der Waals surface area contributed by atoms with E-state index >= 15 is 0 Å². The molecule has 0 spiro atoms. The molecule has 0 fully saturated rings. The van der Waals surface area contributed by atoms with Gasteiger partial charge in [-0.15, -0.1) is 11.3 Å². The van der Waals surface area contributed by atoms with E-state index in [1.54, 1.807) is 11.4 Å². The van der Waals surface area contributed by atoms with Gasteiger partial charge < -0.3 is 10.3 Å². The molecule has 0 saturated heterocycles. The van der Waals surface area contributed by atoms with Crippen LogP contribution in [0.2, 0.25) is 0 Å². The second-order valence-electron chi connectivity index (χ2n) is 7.00. The van der Waals surface area contributed by atoms with Gasteiger partial charge >= 0.3 is 5.69 Å². The first-order valence-corrected chi connectivity index (χ1v) is 10.5. The van der Waals surface area contributed by atoms with Crippen LogP contribution in [0.15, 0.2) is 51.4 Å². The maximum atomic E-state index is 12.3. The third-order valence-corrected chi connectivity index (χ3v) is 5.65. The zero-order chi connectivity index (χ0) is 19.9. The van der Waals surface area contributed by atoms with Crippen LogP contribution in [0.5, 0.6) is 0 Å². The number of carbonyl (C=O) groups is 1. The van der Waals surface area contributed by atoms with Crippen molar-refractivity contribution in [3.63, 3.8) is 0 Å². The van der Waals surface area contributed by atoms with Crippen LogP contribution in [0.25, 0.3) is 10.2 Å². The number of benzene rings is 1. The molecule has 0 aliphatic heterocycles. The van der Waals surface area contributed by atoms with Gasteiger partial charge in [-0.25, -0.2) is 4.79 Å². The number of thiophene rings is 1. The van der Waals surface area contributed by atoms with E-state index in [1.807, 2.05) is 25.1 Å². The first-order valence-electron chi connectivity index (χ1n) is 9.58. The van der Waals surface area contributed by atoms with Crippen molar-refractivity contribution in [1.29, 1.82) is 0 Å². The Kier molecular flexibility index (Phi) is 6.81. The monoisotopic (exact) mass is 399 g/mol. The molecular formula is C21H25N3O3S. The number of aromatic amines is 1.